The lowest BCUT2D eigenvalue weighted by Gasteiger charge is -2.17. The second-order valence-electron chi connectivity index (χ2n) is 10.4. The van der Waals surface area contributed by atoms with Crippen molar-refractivity contribution >= 4 is 38.3 Å². The first kappa shape index (κ1) is 23.5. The first-order chi connectivity index (χ1) is 20.3. The Morgan fingerprint density at radius 2 is 1.39 bits per heavy atom. The molecule has 0 N–H and O–H groups in total. The van der Waals surface area contributed by atoms with Gasteiger partial charge in [0, 0.05) is 27.8 Å². The number of allylic oxidation sites excluding steroid dienone is 4. The molecule has 0 radical (unpaired) electrons. The van der Waals surface area contributed by atoms with Crippen LogP contribution in [0, 0.1) is 0 Å². The molecule has 5 aromatic carbocycles. The molecular weight excluding hydrogens is 502 g/mol. The van der Waals surface area contributed by atoms with Crippen LogP contribution in [0.1, 0.15) is 23.7 Å². The molecule has 0 fully saturated rings. The van der Waals surface area contributed by atoms with Crippen LogP contribution in [-0.4, -0.2) is 15.0 Å². The van der Waals surface area contributed by atoms with Gasteiger partial charge in [-0.25, -0.2) is 15.0 Å². The van der Waals surface area contributed by atoms with Crippen LogP contribution in [0.25, 0.3) is 61.1 Å². The van der Waals surface area contributed by atoms with E-state index in [9.17, 15) is 0 Å². The third kappa shape index (κ3) is 4.21. The van der Waals surface area contributed by atoms with Gasteiger partial charge in [-0.15, -0.1) is 0 Å². The first-order valence-corrected chi connectivity index (χ1v) is 13.9. The van der Waals surface area contributed by atoms with E-state index in [0.29, 0.717) is 11.6 Å². The summed E-state index contributed by atoms with van der Waals surface area (Å²) in [6.07, 6.45) is 7.54. The molecule has 2 aromatic heterocycles. The van der Waals surface area contributed by atoms with Crippen LogP contribution < -0.4 is 0 Å². The van der Waals surface area contributed by atoms with Crippen molar-refractivity contribution in [3.8, 4) is 22.8 Å². The number of fused-ring (bicyclic) bond motifs is 4. The van der Waals surface area contributed by atoms with Gasteiger partial charge in [0.15, 0.2) is 11.6 Å². The molecule has 41 heavy (non-hydrogen) atoms. The van der Waals surface area contributed by atoms with Gasteiger partial charge < -0.3 is 4.42 Å². The number of nitrogens with zero attached hydrogens (tertiary/aromatic N) is 3. The third-order valence-electron chi connectivity index (χ3n) is 7.84. The topological polar surface area (TPSA) is 51.8 Å². The fourth-order valence-corrected chi connectivity index (χ4v) is 5.75. The zero-order valence-electron chi connectivity index (χ0n) is 22.2. The molecule has 0 spiro atoms. The van der Waals surface area contributed by atoms with Crippen LogP contribution >= 0.6 is 0 Å². The highest BCUT2D eigenvalue weighted by atomic mass is 16.3. The van der Waals surface area contributed by atoms with Gasteiger partial charge >= 0.3 is 0 Å². The summed E-state index contributed by atoms with van der Waals surface area (Å²) < 4.78 is 6.17. The minimum atomic E-state index is 0.0451. The van der Waals surface area contributed by atoms with E-state index in [0.717, 1.165) is 45.3 Å². The Bertz CT molecular complexity index is 2140. The van der Waals surface area contributed by atoms with Crippen molar-refractivity contribution in [3.63, 3.8) is 0 Å². The van der Waals surface area contributed by atoms with E-state index in [4.69, 9.17) is 19.4 Å². The summed E-state index contributed by atoms with van der Waals surface area (Å²) in [7, 11) is 0. The summed E-state index contributed by atoms with van der Waals surface area (Å²) in [5, 5.41) is 4.58. The molecule has 0 aliphatic heterocycles. The second-order valence-corrected chi connectivity index (χ2v) is 10.4. The van der Waals surface area contributed by atoms with E-state index in [1.807, 2.05) is 60.7 Å². The van der Waals surface area contributed by atoms with Gasteiger partial charge in [0.25, 0.3) is 0 Å². The second kappa shape index (κ2) is 9.68. The highest BCUT2D eigenvalue weighted by Gasteiger charge is 2.21. The number of para-hydroxylation sites is 1. The molecule has 7 aromatic rings. The summed E-state index contributed by atoms with van der Waals surface area (Å²) in [5.74, 6) is 2.14. The molecule has 0 saturated carbocycles. The average Bonchev–Trinajstić information content (AvgIpc) is 3.44. The van der Waals surface area contributed by atoms with E-state index < -0.39 is 0 Å². The number of benzene rings is 5. The Balaban J connectivity index is 1.22. The molecule has 0 bridgehead atoms. The maximum absolute atomic E-state index is 6.17. The van der Waals surface area contributed by atoms with Gasteiger partial charge in [0.2, 0.25) is 0 Å². The minimum Gasteiger partial charge on any atom is -0.456 e. The summed E-state index contributed by atoms with van der Waals surface area (Å²) in [4.78, 5) is 15.1. The standard InChI is InChI=1S/C37H25N3O/c1-2-10-26(11-3-1)35-38-36(27-20-17-25(18-21-27)29-22-19-24-9-4-5-12-28(24)23-29)40-37(39-35)31-14-8-16-33-34(31)30-13-6-7-15-32(30)41-33/h1-20,22-23,27H,21H2. The van der Waals surface area contributed by atoms with Crippen molar-refractivity contribution in [1.29, 1.82) is 0 Å². The maximum Gasteiger partial charge on any atom is 0.164 e. The lowest BCUT2D eigenvalue weighted by atomic mass is 9.91. The number of furan rings is 1. The van der Waals surface area contributed by atoms with Crippen molar-refractivity contribution in [2.45, 2.75) is 12.3 Å². The Morgan fingerprint density at radius 3 is 2.27 bits per heavy atom. The molecule has 0 amide bonds. The molecule has 2 heterocycles. The Labute approximate surface area is 237 Å². The van der Waals surface area contributed by atoms with Crippen molar-refractivity contribution in [2.75, 3.05) is 0 Å². The van der Waals surface area contributed by atoms with E-state index >= 15 is 0 Å². The summed E-state index contributed by atoms with van der Waals surface area (Å²) in [5.41, 5.74) is 6.04. The highest BCUT2D eigenvalue weighted by molar-refractivity contribution is 6.11. The van der Waals surface area contributed by atoms with Crippen LogP contribution in [-0.2, 0) is 0 Å². The smallest absolute Gasteiger partial charge is 0.164 e. The van der Waals surface area contributed by atoms with Crippen molar-refractivity contribution in [1.82, 2.24) is 15.0 Å². The lowest BCUT2D eigenvalue weighted by Crippen LogP contribution is -2.08. The van der Waals surface area contributed by atoms with Gasteiger partial charge in [0.05, 0.1) is 0 Å². The molecule has 1 unspecified atom stereocenters. The lowest BCUT2D eigenvalue weighted by molar-refractivity contribution is 0.669. The number of hydrogen-bond acceptors (Lipinski definition) is 4. The predicted octanol–water partition coefficient (Wildman–Crippen LogP) is 9.39. The number of hydrogen-bond donors (Lipinski definition) is 0. The average molecular weight is 528 g/mol. The monoisotopic (exact) mass is 527 g/mol. The zero-order chi connectivity index (χ0) is 27.2. The Kier molecular flexibility index (Phi) is 5.56. The molecule has 1 atom stereocenters. The summed E-state index contributed by atoms with van der Waals surface area (Å²) in [6.45, 7) is 0. The van der Waals surface area contributed by atoms with Gasteiger partial charge in [0.1, 0.15) is 17.0 Å². The van der Waals surface area contributed by atoms with Crippen LogP contribution in [0.5, 0.6) is 0 Å². The minimum absolute atomic E-state index is 0.0451. The first-order valence-electron chi connectivity index (χ1n) is 13.9. The Morgan fingerprint density at radius 1 is 0.610 bits per heavy atom. The van der Waals surface area contributed by atoms with Gasteiger partial charge in [-0.1, -0.05) is 115 Å². The highest BCUT2D eigenvalue weighted by Crippen LogP contribution is 2.37. The molecule has 1 aliphatic carbocycles. The van der Waals surface area contributed by atoms with Crippen molar-refractivity contribution < 1.29 is 4.42 Å². The number of rotatable bonds is 4. The predicted molar refractivity (Wildman–Crippen MR) is 166 cm³/mol. The quantitative estimate of drug-likeness (QED) is 0.229. The van der Waals surface area contributed by atoms with E-state index in [1.165, 1.54) is 21.9 Å². The van der Waals surface area contributed by atoms with Gasteiger partial charge in [-0.05, 0) is 46.5 Å². The van der Waals surface area contributed by atoms with Gasteiger partial charge in [-0.2, -0.15) is 0 Å². The maximum atomic E-state index is 6.17. The van der Waals surface area contributed by atoms with Crippen LogP contribution in [0.2, 0.25) is 0 Å². The molecule has 0 saturated heterocycles. The number of aromatic nitrogens is 3. The third-order valence-corrected chi connectivity index (χ3v) is 7.84. The molecule has 4 nitrogen and oxygen atoms in total. The van der Waals surface area contributed by atoms with Crippen LogP contribution in [0.4, 0.5) is 0 Å². The van der Waals surface area contributed by atoms with Gasteiger partial charge in [-0.3, -0.25) is 0 Å². The van der Waals surface area contributed by atoms with E-state index in [-0.39, 0.29) is 5.92 Å². The molecule has 8 rings (SSSR count). The van der Waals surface area contributed by atoms with Crippen LogP contribution in [0.3, 0.4) is 0 Å². The fraction of sp³-hybridized carbons (Fsp3) is 0.0541. The molecule has 1 aliphatic rings. The fourth-order valence-electron chi connectivity index (χ4n) is 5.75. The van der Waals surface area contributed by atoms with E-state index in [2.05, 4.69) is 72.8 Å². The SMILES string of the molecule is C1=CC(c2nc(-c3ccccc3)nc(-c3cccc4oc5ccccc5c34)n2)CC=C1c1ccc2ccccc2c1. The molecular formula is C37H25N3O. The van der Waals surface area contributed by atoms with Crippen LogP contribution in [0.15, 0.2) is 138 Å². The largest absolute Gasteiger partial charge is 0.456 e. The van der Waals surface area contributed by atoms with E-state index in [1.54, 1.807) is 0 Å². The summed E-state index contributed by atoms with van der Waals surface area (Å²) >= 11 is 0. The Hall–Kier alpha value is -5.35. The summed E-state index contributed by atoms with van der Waals surface area (Å²) in [6, 6.07) is 39.5. The normalized spacial score (nSPS) is 15.0. The molecule has 194 valence electrons. The molecule has 4 heteroatoms. The van der Waals surface area contributed by atoms with Crippen molar-refractivity contribution in [2.24, 2.45) is 0 Å². The van der Waals surface area contributed by atoms with Crippen molar-refractivity contribution in [3.05, 3.63) is 145 Å². The zero-order valence-corrected chi connectivity index (χ0v) is 22.2.